The zero-order valence-electron chi connectivity index (χ0n) is 6.84. The minimum absolute atomic E-state index is 0. The van der Waals surface area contributed by atoms with E-state index in [-0.39, 0.29) is 45.6 Å². The Hall–Kier alpha value is -0.0322. The van der Waals surface area contributed by atoms with Crippen molar-refractivity contribution in [1.82, 2.24) is 0 Å². The molecule has 1 nitrogen and oxygen atoms in total. The fourth-order valence-electron chi connectivity index (χ4n) is 1.06. The van der Waals surface area contributed by atoms with Crippen LogP contribution in [0.4, 0.5) is 0 Å². The molecule has 13 heavy (non-hydrogen) atoms. The average Bonchev–Trinajstić information content (AvgIpc) is 2.05. The van der Waals surface area contributed by atoms with Gasteiger partial charge in [0.15, 0.2) is 0 Å². The maximum atomic E-state index is 5.34. The van der Waals surface area contributed by atoms with Crippen molar-refractivity contribution in [2.45, 2.75) is 0 Å². The third-order valence-corrected chi connectivity index (χ3v) is 1.55. The summed E-state index contributed by atoms with van der Waals surface area (Å²) in [4.78, 5) is 0. The third kappa shape index (κ3) is 3.68. The molecule has 0 fully saturated rings. The SMILES string of the molecule is C1=Cc2ccccc2OC1.[C].[Fe].[Mo]. The molecule has 4 radical (unpaired) electrons. The van der Waals surface area contributed by atoms with Crippen LogP contribution >= 0.6 is 0 Å². The van der Waals surface area contributed by atoms with E-state index in [9.17, 15) is 0 Å². The molecule has 0 aliphatic carbocycles. The molecule has 1 aliphatic rings. The second-order valence-electron chi connectivity index (χ2n) is 2.25. The Bertz CT molecular complexity index is 273. The van der Waals surface area contributed by atoms with Crippen molar-refractivity contribution in [3.63, 3.8) is 0 Å². The largest absolute Gasteiger partial charge is 0.489 e. The second-order valence-corrected chi connectivity index (χ2v) is 2.25. The van der Waals surface area contributed by atoms with Gasteiger partial charge in [-0.05, 0) is 12.1 Å². The summed E-state index contributed by atoms with van der Waals surface area (Å²) in [7, 11) is 0. The van der Waals surface area contributed by atoms with Gasteiger partial charge in [0.25, 0.3) is 0 Å². The number of hydrogen-bond donors (Lipinski definition) is 0. The maximum Gasteiger partial charge on any atom is 0.126 e. The van der Waals surface area contributed by atoms with Crippen LogP contribution in [0.1, 0.15) is 5.56 Å². The fourth-order valence-corrected chi connectivity index (χ4v) is 1.06. The molecule has 2 rings (SSSR count). The first-order valence-electron chi connectivity index (χ1n) is 3.35. The molecule has 0 saturated carbocycles. The predicted octanol–water partition coefficient (Wildman–Crippen LogP) is 2.17. The van der Waals surface area contributed by atoms with Gasteiger partial charge in [-0.2, -0.15) is 0 Å². The number of hydrogen-bond acceptors (Lipinski definition) is 1. The number of fused-ring (bicyclic) bond motifs is 1. The van der Waals surface area contributed by atoms with Crippen LogP contribution < -0.4 is 4.74 Å². The Morgan fingerprint density at radius 1 is 1.15 bits per heavy atom. The zero-order chi connectivity index (χ0) is 6.81. The van der Waals surface area contributed by atoms with Gasteiger partial charge in [0.2, 0.25) is 0 Å². The molecular weight excluding hydrogens is 288 g/mol. The summed E-state index contributed by atoms with van der Waals surface area (Å²) in [6.45, 7) is 0.705. The number of para-hydroxylation sites is 1. The molecule has 1 aliphatic heterocycles. The summed E-state index contributed by atoms with van der Waals surface area (Å²) < 4.78 is 5.34. The van der Waals surface area contributed by atoms with Gasteiger partial charge in [0.05, 0.1) is 0 Å². The standard InChI is InChI=1S/C9H8O.C.Fe.Mo/c1-2-6-9-8(4-1)5-3-7-10-9;;;/h1-6H,7H2;;;. The van der Waals surface area contributed by atoms with Crippen LogP contribution in [0.15, 0.2) is 30.3 Å². The van der Waals surface area contributed by atoms with E-state index in [1.54, 1.807) is 0 Å². The number of ether oxygens (including phenoxy) is 1. The van der Waals surface area contributed by atoms with Crippen LogP contribution in [0, 0.1) is 7.43 Å². The van der Waals surface area contributed by atoms with Gasteiger partial charge in [-0.15, -0.1) is 0 Å². The average molecular weight is 296 g/mol. The van der Waals surface area contributed by atoms with Gasteiger partial charge >= 0.3 is 0 Å². The molecule has 0 bridgehead atoms. The minimum atomic E-state index is 0. The van der Waals surface area contributed by atoms with Crippen LogP contribution in [0.5, 0.6) is 5.75 Å². The van der Waals surface area contributed by atoms with Crippen molar-refractivity contribution >= 4 is 6.08 Å². The molecule has 1 aromatic carbocycles. The van der Waals surface area contributed by atoms with Gasteiger partial charge in [-0.1, -0.05) is 24.3 Å². The Kier molecular flexibility index (Phi) is 8.76. The summed E-state index contributed by atoms with van der Waals surface area (Å²) in [6, 6.07) is 8.03. The van der Waals surface area contributed by atoms with Crippen LogP contribution in [0.2, 0.25) is 0 Å². The van der Waals surface area contributed by atoms with E-state index in [0.717, 1.165) is 5.75 Å². The van der Waals surface area contributed by atoms with Crippen molar-refractivity contribution in [2.75, 3.05) is 6.61 Å². The zero-order valence-corrected chi connectivity index (χ0v) is 9.95. The van der Waals surface area contributed by atoms with Crippen molar-refractivity contribution in [3.8, 4) is 5.75 Å². The van der Waals surface area contributed by atoms with Crippen molar-refractivity contribution in [2.24, 2.45) is 0 Å². The Labute approximate surface area is 104 Å². The van der Waals surface area contributed by atoms with Crippen LogP contribution in [0.3, 0.4) is 0 Å². The Morgan fingerprint density at radius 3 is 2.54 bits per heavy atom. The Morgan fingerprint density at radius 2 is 1.85 bits per heavy atom. The third-order valence-electron chi connectivity index (χ3n) is 1.55. The van der Waals surface area contributed by atoms with E-state index in [4.69, 9.17) is 4.74 Å². The molecule has 1 aromatic rings. The summed E-state index contributed by atoms with van der Waals surface area (Å²) in [5.41, 5.74) is 1.17. The first-order chi connectivity index (χ1) is 4.97. The Balaban J connectivity index is 0. The van der Waals surface area contributed by atoms with Crippen LogP contribution in [0.25, 0.3) is 6.08 Å². The normalized spacial score (nSPS) is 10.8. The van der Waals surface area contributed by atoms with Gasteiger partial charge in [0, 0.05) is 51.1 Å². The van der Waals surface area contributed by atoms with Crippen LogP contribution in [-0.4, -0.2) is 6.61 Å². The number of rotatable bonds is 0. The van der Waals surface area contributed by atoms with Gasteiger partial charge in [-0.25, -0.2) is 0 Å². The molecule has 0 saturated heterocycles. The minimum Gasteiger partial charge on any atom is -0.489 e. The van der Waals surface area contributed by atoms with E-state index in [1.165, 1.54) is 5.56 Å². The summed E-state index contributed by atoms with van der Waals surface area (Å²) in [6.07, 6.45) is 4.10. The van der Waals surface area contributed by atoms with Crippen molar-refractivity contribution in [1.29, 1.82) is 0 Å². The molecule has 0 spiro atoms. The molecule has 0 N–H and O–H groups in total. The van der Waals surface area contributed by atoms with Crippen LogP contribution in [-0.2, 0) is 38.1 Å². The van der Waals surface area contributed by atoms with E-state index in [2.05, 4.69) is 6.08 Å². The molecule has 0 amide bonds. The molecule has 3 heteroatoms. The molecule has 0 atom stereocenters. The predicted molar refractivity (Wildman–Crippen MR) is 44.2 cm³/mol. The second kappa shape index (κ2) is 7.38. The topological polar surface area (TPSA) is 9.23 Å². The first-order valence-corrected chi connectivity index (χ1v) is 3.35. The molecule has 1 heterocycles. The molecule has 0 unspecified atom stereocenters. The maximum absolute atomic E-state index is 5.34. The van der Waals surface area contributed by atoms with E-state index in [0.29, 0.717) is 6.61 Å². The van der Waals surface area contributed by atoms with Gasteiger partial charge < -0.3 is 4.74 Å². The number of benzene rings is 1. The first kappa shape index (κ1) is 15.4. The smallest absolute Gasteiger partial charge is 0.126 e. The van der Waals surface area contributed by atoms with Gasteiger partial charge in [0.1, 0.15) is 12.4 Å². The summed E-state index contributed by atoms with van der Waals surface area (Å²) in [5, 5.41) is 0. The van der Waals surface area contributed by atoms with E-state index < -0.39 is 0 Å². The summed E-state index contributed by atoms with van der Waals surface area (Å²) >= 11 is 0. The van der Waals surface area contributed by atoms with E-state index >= 15 is 0 Å². The van der Waals surface area contributed by atoms with Gasteiger partial charge in [-0.3, -0.25) is 0 Å². The quantitative estimate of drug-likeness (QED) is 0.667. The van der Waals surface area contributed by atoms with E-state index in [1.807, 2.05) is 30.3 Å². The fraction of sp³-hybridized carbons (Fsp3) is 0.100. The molecule has 68 valence electrons. The monoisotopic (exact) mass is 298 g/mol. The molecule has 0 aromatic heterocycles. The van der Waals surface area contributed by atoms with Crippen molar-refractivity contribution < 1.29 is 42.9 Å². The summed E-state index contributed by atoms with van der Waals surface area (Å²) in [5.74, 6) is 0.991. The van der Waals surface area contributed by atoms with Crippen molar-refractivity contribution in [3.05, 3.63) is 43.3 Å². The molecular formula is C10H8FeMoO.